The van der Waals surface area contributed by atoms with Crippen LogP contribution in [0.2, 0.25) is 5.02 Å². The molecule has 2 heterocycles. The molecule has 1 amide bonds. The molecule has 1 aromatic heterocycles. The van der Waals surface area contributed by atoms with Crippen molar-refractivity contribution in [3.8, 4) is 0 Å². The SMILES string of the molecule is Cc1cc([C@@H]2CCCN(C(=O)[C@@H]3C[C@@H]3c3cccc(Cl)c3)C2)n[nH]1. The number of rotatable bonds is 3. The van der Waals surface area contributed by atoms with E-state index in [2.05, 4.69) is 22.3 Å². The summed E-state index contributed by atoms with van der Waals surface area (Å²) >= 11 is 6.08. The van der Waals surface area contributed by atoms with Crippen molar-refractivity contribution in [2.45, 2.75) is 38.0 Å². The van der Waals surface area contributed by atoms with Gasteiger partial charge in [-0.15, -0.1) is 0 Å². The van der Waals surface area contributed by atoms with Gasteiger partial charge in [-0.2, -0.15) is 5.10 Å². The van der Waals surface area contributed by atoms with Crippen LogP contribution in [0.25, 0.3) is 0 Å². The van der Waals surface area contributed by atoms with Crippen molar-refractivity contribution in [1.29, 1.82) is 0 Å². The van der Waals surface area contributed by atoms with Gasteiger partial charge in [0.05, 0.1) is 5.69 Å². The molecule has 1 saturated heterocycles. The number of aromatic nitrogens is 2. The molecule has 0 bridgehead atoms. The molecule has 5 heteroatoms. The monoisotopic (exact) mass is 343 g/mol. The predicted molar refractivity (Wildman–Crippen MR) is 94.2 cm³/mol. The van der Waals surface area contributed by atoms with Gasteiger partial charge in [0.15, 0.2) is 0 Å². The predicted octanol–water partition coefficient (Wildman–Crippen LogP) is 3.88. The molecular formula is C19H22ClN3O. The summed E-state index contributed by atoms with van der Waals surface area (Å²) in [5, 5.41) is 8.15. The molecule has 0 radical (unpaired) electrons. The van der Waals surface area contributed by atoms with Gasteiger partial charge in [0, 0.05) is 35.6 Å². The van der Waals surface area contributed by atoms with E-state index in [1.807, 2.05) is 30.0 Å². The Morgan fingerprint density at radius 1 is 1.38 bits per heavy atom. The fourth-order valence-corrected chi connectivity index (χ4v) is 4.07. The minimum absolute atomic E-state index is 0.128. The Morgan fingerprint density at radius 2 is 2.25 bits per heavy atom. The molecule has 4 nitrogen and oxygen atoms in total. The van der Waals surface area contributed by atoms with Crippen LogP contribution in [0.1, 0.15) is 48.0 Å². The molecule has 1 N–H and O–H groups in total. The molecule has 4 rings (SSSR count). The maximum absolute atomic E-state index is 12.9. The lowest BCUT2D eigenvalue weighted by atomic mass is 9.94. The van der Waals surface area contributed by atoms with E-state index in [0.717, 1.165) is 48.8 Å². The first-order valence-corrected chi connectivity index (χ1v) is 9.06. The third-order valence-electron chi connectivity index (χ3n) is 5.26. The number of benzene rings is 1. The summed E-state index contributed by atoms with van der Waals surface area (Å²) in [6.45, 7) is 3.68. The lowest BCUT2D eigenvalue weighted by Crippen LogP contribution is -2.40. The number of hydrogen-bond acceptors (Lipinski definition) is 2. The first kappa shape index (κ1) is 15.7. The second kappa shape index (κ2) is 6.25. The van der Waals surface area contributed by atoms with E-state index < -0.39 is 0 Å². The van der Waals surface area contributed by atoms with Crippen LogP contribution in [-0.2, 0) is 4.79 Å². The quantitative estimate of drug-likeness (QED) is 0.919. The van der Waals surface area contributed by atoms with Gasteiger partial charge in [0.2, 0.25) is 5.91 Å². The number of nitrogens with zero attached hydrogens (tertiary/aromatic N) is 2. The third-order valence-corrected chi connectivity index (χ3v) is 5.50. The minimum atomic E-state index is 0.128. The van der Waals surface area contributed by atoms with Gasteiger partial charge in [-0.3, -0.25) is 9.89 Å². The van der Waals surface area contributed by atoms with Crippen LogP contribution in [0.4, 0.5) is 0 Å². The second-order valence-corrected chi connectivity index (χ2v) is 7.54. The zero-order valence-corrected chi connectivity index (χ0v) is 14.6. The summed E-state index contributed by atoms with van der Waals surface area (Å²) in [5.74, 6) is 1.13. The maximum Gasteiger partial charge on any atom is 0.226 e. The largest absolute Gasteiger partial charge is 0.342 e. The molecule has 2 aliphatic rings. The second-order valence-electron chi connectivity index (χ2n) is 7.10. The Labute approximate surface area is 147 Å². The highest BCUT2D eigenvalue weighted by molar-refractivity contribution is 6.30. The molecule has 0 spiro atoms. The molecule has 1 aliphatic carbocycles. The van der Waals surface area contributed by atoms with Gasteiger partial charge < -0.3 is 4.90 Å². The molecule has 1 aromatic carbocycles. The number of carbonyl (C=O) groups excluding carboxylic acids is 1. The van der Waals surface area contributed by atoms with Gasteiger partial charge in [-0.05, 0) is 55.9 Å². The average molecular weight is 344 g/mol. The van der Waals surface area contributed by atoms with Crippen molar-refractivity contribution in [3.63, 3.8) is 0 Å². The van der Waals surface area contributed by atoms with E-state index >= 15 is 0 Å². The minimum Gasteiger partial charge on any atom is -0.342 e. The third kappa shape index (κ3) is 3.07. The first-order valence-electron chi connectivity index (χ1n) is 8.68. The Hall–Kier alpha value is -1.81. The average Bonchev–Trinajstić information content (AvgIpc) is 3.28. The van der Waals surface area contributed by atoms with Gasteiger partial charge in [-0.25, -0.2) is 0 Å². The Balaban J connectivity index is 1.42. The number of likely N-dealkylation sites (tertiary alicyclic amines) is 1. The number of piperidine rings is 1. The molecule has 1 saturated carbocycles. The molecule has 2 aromatic rings. The van der Waals surface area contributed by atoms with Crippen molar-refractivity contribution in [2.75, 3.05) is 13.1 Å². The van der Waals surface area contributed by atoms with Crippen molar-refractivity contribution >= 4 is 17.5 Å². The van der Waals surface area contributed by atoms with E-state index in [1.54, 1.807) is 0 Å². The van der Waals surface area contributed by atoms with E-state index in [1.165, 1.54) is 5.56 Å². The lowest BCUT2D eigenvalue weighted by Gasteiger charge is -2.32. The molecule has 3 atom stereocenters. The van der Waals surface area contributed by atoms with Gasteiger partial charge in [0.25, 0.3) is 0 Å². The van der Waals surface area contributed by atoms with Crippen LogP contribution in [0.3, 0.4) is 0 Å². The van der Waals surface area contributed by atoms with Crippen molar-refractivity contribution in [1.82, 2.24) is 15.1 Å². The molecule has 2 fully saturated rings. The zero-order chi connectivity index (χ0) is 16.7. The van der Waals surface area contributed by atoms with Crippen LogP contribution in [0, 0.1) is 12.8 Å². The molecule has 1 aliphatic heterocycles. The van der Waals surface area contributed by atoms with E-state index in [-0.39, 0.29) is 5.92 Å². The summed E-state index contributed by atoms with van der Waals surface area (Å²) in [7, 11) is 0. The Morgan fingerprint density at radius 3 is 3.00 bits per heavy atom. The Kier molecular flexibility index (Phi) is 4.09. The number of H-pyrrole nitrogens is 1. The molecule has 0 unspecified atom stereocenters. The normalized spacial score (nSPS) is 26.4. The van der Waals surface area contributed by atoms with Gasteiger partial charge in [-0.1, -0.05) is 23.7 Å². The number of aromatic amines is 1. The topological polar surface area (TPSA) is 49.0 Å². The molecule has 126 valence electrons. The van der Waals surface area contributed by atoms with Crippen LogP contribution in [0.15, 0.2) is 30.3 Å². The Bertz CT molecular complexity index is 757. The fraction of sp³-hybridized carbons (Fsp3) is 0.474. The smallest absolute Gasteiger partial charge is 0.226 e. The number of nitrogens with one attached hydrogen (secondary N) is 1. The summed E-state index contributed by atoms with van der Waals surface area (Å²) in [5.41, 5.74) is 3.36. The molecule has 24 heavy (non-hydrogen) atoms. The highest BCUT2D eigenvalue weighted by Gasteiger charge is 2.46. The number of amides is 1. The van der Waals surface area contributed by atoms with Crippen LogP contribution in [-0.4, -0.2) is 34.1 Å². The molecular weight excluding hydrogens is 322 g/mol. The van der Waals surface area contributed by atoms with Crippen molar-refractivity contribution in [3.05, 3.63) is 52.3 Å². The highest BCUT2D eigenvalue weighted by Crippen LogP contribution is 2.49. The number of carbonyl (C=O) groups is 1. The summed E-state index contributed by atoms with van der Waals surface area (Å²) in [6, 6.07) is 10.0. The zero-order valence-electron chi connectivity index (χ0n) is 13.8. The van der Waals surface area contributed by atoms with Crippen molar-refractivity contribution < 1.29 is 4.79 Å². The highest BCUT2D eigenvalue weighted by atomic mass is 35.5. The standard InChI is InChI=1S/C19H22ClN3O/c1-12-8-18(22-21-12)14-5-3-7-23(11-14)19(24)17-10-16(17)13-4-2-6-15(20)9-13/h2,4,6,8-9,14,16-17H,3,5,7,10-11H2,1H3,(H,21,22)/t14-,16-,17-/m1/s1. The van der Waals surface area contributed by atoms with E-state index in [4.69, 9.17) is 11.6 Å². The van der Waals surface area contributed by atoms with E-state index in [0.29, 0.717) is 17.7 Å². The summed E-state index contributed by atoms with van der Waals surface area (Å²) in [6.07, 6.45) is 3.11. The number of hydrogen-bond donors (Lipinski definition) is 1. The maximum atomic E-state index is 12.9. The van der Waals surface area contributed by atoms with Crippen LogP contribution < -0.4 is 0 Å². The van der Waals surface area contributed by atoms with Gasteiger partial charge >= 0.3 is 0 Å². The number of aryl methyl sites for hydroxylation is 1. The first-order chi connectivity index (χ1) is 11.6. The lowest BCUT2D eigenvalue weighted by molar-refractivity contribution is -0.133. The van der Waals surface area contributed by atoms with E-state index in [9.17, 15) is 4.79 Å². The van der Waals surface area contributed by atoms with Crippen LogP contribution in [0.5, 0.6) is 0 Å². The van der Waals surface area contributed by atoms with Crippen LogP contribution >= 0.6 is 11.6 Å². The summed E-state index contributed by atoms with van der Waals surface area (Å²) < 4.78 is 0. The fourth-order valence-electron chi connectivity index (χ4n) is 3.88. The van der Waals surface area contributed by atoms with Gasteiger partial charge in [0.1, 0.15) is 0 Å². The number of halogens is 1. The summed E-state index contributed by atoms with van der Waals surface area (Å²) in [4.78, 5) is 14.9. The van der Waals surface area contributed by atoms with Crippen molar-refractivity contribution in [2.24, 2.45) is 5.92 Å².